The zero-order valence-electron chi connectivity index (χ0n) is 22.5. The normalized spacial score (nSPS) is 11.3. The zero-order valence-corrected chi connectivity index (χ0v) is 22.5. The molecule has 0 saturated heterocycles. The van der Waals surface area contributed by atoms with Gasteiger partial charge in [0.05, 0.1) is 45.3 Å². The first-order chi connectivity index (χ1) is 20.8. The number of hydrogen-bond acceptors (Lipinski definition) is 2. The predicted octanol–water partition coefficient (Wildman–Crippen LogP) is 9.29. The Morgan fingerprint density at radius 2 is 0.857 bits per heavy atom. The average Bonchev–Trinajstić information content (AvgIpc) is 3.57. The molecule has 194 valence electrons. The quantitative estimate of drug-likeness (QED) is 0.227. The molecule has 0 N–H and O–H groups in total. The van der Waals surface area contributed by atoms with Gasteiger partial charge in [0.15, 0.2) is 0 Å². The number of fused-ring (bicyclic) bond motifs is 6. The summed E-state index contributed by atoms with van der Waals surface area (Å²) in [6.45, 7) is 0. The van der Waals surface area contributed by atoms with E-state index in [1.54, 1.807) is 6.07 Å². The zero-order chi connectivity index (χ0) is 28.2. The van der Waals surface area contributed by atoms with Crippen LogP contribution in [0.4, 0.5) is 0 Å². The molecule has 8 rings (SSSR count). The van der Waals surface area contributed by atoms with Crippen LogP contribution in [0, 0.1) is 22.7 Å². The van der Waals surface area contributed by atoms with Crippen molar-refractivity contribution < 1.29 is 0 Å². The maximum Gasteiger partial charge on any atom is 0.0992 e. The monoisotopic (exact) mass is 534 g/mol. The Kier molecular flexibility index (Phi) is 5.22. The molecule has 0 fully saturated rings. The Morgan fingerprint density at radius 1 is 0.429 bits per heavy atom. The predicted molar refractivity (Wildman–Crippen MR) is 170 cm³/mol. The molecule has 4 nitrogen and oxygen atoms in total. The molecule has 2 heterocycles. The lowest BCUT2D eigenvalue weighted by atomic mass is 9.95. The molecule has 0 atom stereocenters. The summed E-state index contributed by atoms with van der Waals surface area (Å²) >= 11 is 0. The highest BCUT2D eigenvalue weighted by Crippen LogP contribution is 2.46. The molecule has 0 spiro atoms. The van der Waals surface area contributed by atoms with Crippen molar-refractivity contribution in [2.75, 3.05) is 0 Å². The summed E-state index contributed by atoms with van der Waals surface area (Å²) in [5, 5.41) is 24.5. The first-order valence-corrected chi connectivity index (χ1v) is 13.8. The van der Waals surface area contributed by atoms with Crippen LogP contribution in [-0.4, -0.2) is 9.13 Å². The first kappa shape index (κ1) is 23.8. The van der Waals surface area contributed by atoms with Gasteiger partial charge in [0.1, 0.15) is 0 Å². The first-order valence-electron chi connectivity index (χ1n) is 13.8. The summed E-state index contributed by atoms with van der Waals surface area (Å²) in [6.07, 6.45) is 0. The van der Waals surface area contributed by atoms with Crippen molar-refractivity contribution in [3.63, 3.8) is 0 Å². The van der Waals surface area contributed by atoms with Gasteiger partial charge in [-0.2, -0.15) is 10.5 Å². The SMILES string of the molecule is N#Cc1cc(C#N)cc(-c2c3c(cc4c5ccccc5n(-c5ccccc5)c24)c2ccccc2n3-c2ccccc2)c1. The van der Waals surface area contributed by atoms with Gasteiger partial charge < -0.3 is 9.13 Å². The average molecular weight is 535 g/mol. The van der Waals surface area contributed by atoms with Gasteiger partial charge >= 0.3 is 0 Å². The van der Waals surface area contributed by atoms with Crippen LogP contribution in [0.5, 0.6) is 0 Å². The Labute approximate surface area is 242 Å². The van der Waals surface area contributed by atoms with Gasteiger partial charge in [0.25, 0.3) is 0 Å². The van der Waals surface area contributed by atoms with Crippen molar-refractivity contribution in [1.29, 1.82) is 10.5 Å². The number of rotatable bonds is 3. The van der Waals surface area contributed by atoms with Crippen molar-refractivity contribution in [2.45, 2.75) is 0 Å². The Balaban J connectivity index is 1.72. The number of para-hydroxylation sites is 4. The molecule has 42 heavy (non-hydrogen) atoms. The van der Waals surface area contributed by atoms with Crippen molar-refractivity contribution >= 4 is 43.6 Å². The fourth-order valence-electron chi connectivity index (χ4n) is 6.44. The van der Waals surface area contributed by atoms with Gasteiger partial charge in [-0.05, 0) is 66.2 Å². The van der Waals surface area contributed by atoms with E-state index in [4.69, 9.17) is 0 Å². The van der Waals surface area contributed by atoms with E-state index in [0.717, 1.165) is 66.1 Å². The molecule has 8 aromatic rings. The third-order valence-corrected chi connectivity index (χ3v) is 8.10. The smallest absolute Gasteiger partial charge is 0.0992 e. The summed E-state index contributed by atoms with van der Waals surface area (Å²) in [5.74, 6) is 0. The van der Waals surface area contributed by atoms with Crippen LogP contribution in [0.25, 0.3) is 66.1 Å². The van der Waals surface area contributed by atoms with Gasteiger partial charge in [0.2, 0.25) is 0 Å². The van der Waals surface area contributed by atoms with Crippen LogP contribution >= 0.6 is 0 Å². The minimum atomic E-state index is 0.457. The summed E-state index contributed by atoms with van der Waals surface area (Å²) in [7, 11) is 0. The second-order valence-corrected chi connectivity index (χ2v) is 10.4. The Hall–Kier alpha value is -6.10. The van der Waals surface area contributed by atoms with E-state index in [-0.39, 0.29) is 0 Å². The molecule has 0 unspecified atom stereocenters. The molecular weight excluding hydrogens is 512 g/mol. The van der Waals surface area contributed by atoms with E-state index in [1.807, 2.05) is 24.3 Å². The summed E-state index contributed by atoms with van der Waals surface area (Å²) in [4.78, 5) is 0. The third-order valence-electron chi connectivity index (χ3n) is 8.10. The Bertz CT molecular complexity index is 2250. The van der Waals surface area contributed by atoms with Gasteiger partial charge in [-0.1, -0.05) is 72.8 Å². The summed E-state index contributed by atoms with van der Waals surface area (Å²) in [6, 6.07) is 50.1. The van der Waals surface area contributed by atoms with Crippen molar-refractivity contribution in [2.24, 2.45) is 0 Å². The van der Waals surface area contributed by atoms with E-state index in [0.29, 0.717) is 11.1 Å². The molecule has 2 aromatic heterocycles. The fraction of sp³-hybridized carbons (Fsp3) is 0. The molecule has 0 radical (unpaired) electrons. The minimum Gasteiger partial charge on any atom is -0.309 e. The van der Waals surface area contributed by atoms with E-state index in [9.17, 15) is 10.5 Å². The largest absolute Gasteiger partial charge is 0.309 e. The summed E-state index contributed by atoms with van der Waals surface area (Å²) < 4.78 is 4.63. The second-order valence-electron chi connectivity index (χ2n) is 10.4. The number of benzene rings is 6. The minimum absolute atomic E-state index is 0.457. The molecule has 0 saturated carbocycles. The highest BCUT2D eigenvalue weighted by Gasteiger charge is 2.24. The number of hydrogen-bond donors (Lipinski definition) is 0. The van der Waals surface area contributed by atoms with Crippen LogP contribution < -0.4 is 0 Å². The lowest BCUT2D eigenvalue weighted by Crippen LogP contribution is -1.99. The van der Waals surface area contributed by atoms with E-state index in [2.05, 4.69) is 124 Å². The lowest BCUT2D eigenvalue weighted by Gasteiger charge is -2.16. The van der Waals surface area contributed by atoms with Gasteiger partial charge in [-0.15, -0.1) is 0 Å². The number of nitriles is 2. The molecule has 0 aliphatic carbocycles. The summed E-state index contributed by atoms with van der Waals surface area (Å²) in [5.41, 5.74) is 9.09. The van der Waals surface area contributed by atoms with Crippen LogP contribution in [0.1, 0.15) is 11.1 Å². The van der Waals surface area contributed by atoms with E-state index >= 15 is 0 Å². The number of aromatic nitrogens is 2. The van der Waals surface area contributed by atoms with Gasteiger partial charge in [0, 0.05) is 38.5 Å². The van der Waals surface area contributed by atoms with Crippen molar-refractivity contribution in [1.82, 2.24) is 9.13 Å². The molecule has 0 aliphatic rings. The maximum atomic E-state index is 9.98. The highest BCUT2D eigenvalue weighted by molar-refractivity contribution is 6.25. The molecule has 0 amide bonds. The molecule has 0 bridgehead atoms. The van der Waals surface area contributed by atoms with Crippen molar-refractivity contribution in [3.05, 3.63) is 145 Å². The van der Waals surface area contributed by atoms with Crippen LogP contribution in [0.3, 0.4) is 0 Å². The van der Waals surface area contributed by atoms with Gasteiger partial charge in [-0.25, -0.2) is 0 Å². The third kappa shape index (κ3) is 3.40. The topological polar surface area (TPSA) is 57.4 Å². The highest BCUT2D eigenvalue weighted by atomic mass is 15.0. The molecule has 6 aromatic carbocycles. The molecule has 0 aliphatic heterocycles. The van der Waals surface area contributed by atoms with Crippen LogP contribution in [-0.2, 0) is 0 Å². The number of nitrogens with zero attached hydrogens (tertiary/aromatic N) is 4. The van der Waals surface area contributed by atoms with Crippen LogP contribution in [0.2, 0.25) is 0 Å². The van der Waals surface area contributed by atoms with Gasteiger partial charge in [-0.3, -0.25) is 0 Å². The maximum absolute atomic E-state index is 9.98. The Morgan fingerprint density at radius 3 is 1.31 bits per heavy atom. The second kappa shape index (κ2) is 9.24. The standard InChI is InChI=1S/C38H22N4/c39-23-25-19-26(24-40)21-27(20-25)36-37-32(30-15-7-9-17-34(30)41(37)28-11-3-1-4-12-28)22-33-31-16-8-10-18-35(31)42(38(33)36)29-13-5-2-6-14-29/h1-22H. The molecular formula is C38H22N4. The van der Waals surface area contributed by atoms with Crippen LogP contribution in [0.15, 0.2) is 133 Å². The van der Waals surface area contributed by atoms with Crippen molar-refractivity contribution in [3.8, 4) is 34.6 Å². The fourth-order valence-corrected chi connectivity index (χ4v) is 6.44. The lowest BCUT2D eigenvalue weighted by molar-refractivity contribution is 1.17. The molecule has 4 heteroatoms. The van der Waals surface area contributed by atoms with E-state index in [1.165, 1.54) is 0 Å². The van der Waals surface area contributed by atoms with E-state index < -0.39 is 0 Å².